The molecule has 9 nitrogen and oxygen atoms in total. The molecule has 0 aliphatic carbocycles. The SMILES string of the molecule is CCCCC(=O)N(CCNC(=O)[C@@H](CS)CC(C)C)Cc1ccc(-c2ccccc2S(=O)(=O)NC(=O)[C@H](C)O)cc1. The predicted molar refractivity (Wildman–Crippen MR) is 164 cm³/mol. The molecule has 0 heterocycles. The van der Waals surface area contributed by atoms with Gasteiger partial charge in [-0.2, -0.15) is 12.6 Å². The van der Waals surface area contributed by atoms with Crippen molar-refractivity contribution in [3.05, 3.63) is 54.1 Å². The number of nitrogens with zero attached hydrogens (tertiary/aromatic N) is 1. The fourth-order valence-electron chi connectivity index (χ4n) is 4.29. The van der Waals surface area contributed by atoms with Crippen LogP contribution in [0.3, 0.4) is 0 Å². The van der Waals surface area contributed by atoms with Crippen LogP contribution < -0.4 is 10.0 Å². The summed E-state index contributed by atoms with van der Waals surface area (Å²) in [5, 5.41) is 12.4. The van der Waals surface area contributed by atoms with Gasteiger partial charge in [-0.05, 0) is 42.9 Å². The number of carbonyl (C=O) groups is 3. The predicted octanol–water partition coefficient (Wildman–Crippen LogP) is 3.77. The first-order valence-electron chi connectivity index (χ1n) is 14.0. The summed E-state index contributed by atoms with van der Waals surface area (Å²) in [5.41, 5.74) is 1.85. The van der Waals surface area contributed by atoms with Crippen LogP contribution in [-0.2, 0) is 31.0 Å². The minimum absolute atomic E-state index is 0.00314. The van der Waals surface area contributed by atoms with E-state index in [0.717, 1.165) is 24.8 Å². The third kappa shape index (κ3) is 10.8. The van der Waals surface area contributed by atoms with Crippen molar-refractivity contribution in [2.75, 3.05) is 18.8 Å². The van der Waals surface area contributed by atoms with Crippen molar-refractivity contribution in [3.8, 4) is 11.1 Å². The smallest absolute Gasteiger partial charge is 0.264 e. The van der Waals surface area contributed by atoms with E-state index in [1.54, 1.807) is 35.2 Å². The fourth-order valence-corrected chi connectivity index (χ4v) is 5.89. The molecule has 41 heavy (non-hydrogen) atoms. The van der Waals surface area contributed by atoms with E-state index in [2.05, 4.69) is 31.8 Å². The lowest BCUT2D eigenvalue weighted by Crippen LogP contribution is -2.40. The lowest BCUT2D eigenvalue weighted by Gasteiger charge is -2.24. The Bertz CT molecular complexity index is 1260. The highest BCUT2D eigenvalue weighted by atomic mass is 32.2. The van der Waals surface area contributed by atoms with Crippen molar-refractivity contribution in [3.63, 3.8) is 0 Å². The molecular weight excluding hydrogens is 562 g/mol. The van der Waals surface area contributed by atoms with Crippen LogP contribution in [0.4, 0.5) is 0 Å². The molecule has 0 saturated carbocycles. The molecule has 11 heteroatoms. The van der Waals surface area contributed by atoms with E-state index in [0.29, 0.717) is 48.9 Å². The molecule has 0 aliphatic rings. The third-order valence-corrected chi connectivity index (χ3v) is 8.40. The maximum atomic E-state index is 13.0. The van der Waals surface area contributed by atoms with E-state index in [9.17, 15) is 27.9 Å². The van der Waals surface area contributed by atoms with Gasteiger partial charge in [-0.1, -0.05) is 69.7 Å². The molecule has 0 fully saturated rings. The number of aliphatic hydroxyl groups excluding tert-OH is 1. The molecule has 2 atom stereocenters. The number of aliphatic hydroxyl groups is 1. The van der Waals surface area contributed by atoms with Crippen LogP contribution in [0.5, 0.6) is 0 Å². The van der Waals surface area contributed by atoms with Gasteiger partial charge in [0.05, 0.1) is 4.90 Å². The van der Waals surface area contributed by atoms with E-state index < -0.39 is 22.0 Å². The average Bonchev–Trinajstić information content (AvgIpc) is 2.93. The summed E-state index contributed by atoms with van der Waals surface area (Å²) >= 11 is 4.32. The normalized spacial score (nSPS) is 13.0. The maximum Gasteiger partial charge on any atom is 0.264 e. The summed E-state index contributed by atoms with van der Waals surface area (Å²) in [6, 6.07) is 13.5. The van der Waals surface area contributed by atoms with Gasteiger partial charge in [-0.3, -0.25) is 14.4 Å². The number of rotatable bonds is 16. The molecule has 3 amide bonds. The van der Waals surface area contributed by atoms with E-state index in [1.165, 1.54) is 13.0 Å². The van der Waals surface area contributed by atoms with Crippen LogP contribution in [0.15, 0.2) is 53.4 Å². The van der Waals surface area contributed by atoms with E-state index >= 15 is 0 Å². The minimum Gasteiger partial charge on any atom is -0.384 e. The zero-order valence-electron chi connectivity index (χ0n) is 24.3. The highest BCUT2D eigenvalue weighted by molar-refractivity contribution is 7.90. The average molecular weight is 606 g/mol. The van der Waals surface area contributed by atoms with Gasteiger partial charge in [-0.15, -0.1) is 0 Å². The Morgan fingerprint density at radius 1 is 1.00 bits per heavy atom. The highest BCUT2D eigenvalue weighted by Crippen LogP contribution is 2.28. The quantitative estimate of drug-likeness (QED) is 0.216. The largest absolute Gasteiger partial charge is 0.384 e. The zero-order valence-corrected chi connectivity index (χ0v) is 26.0. The van der Waals surface area contributed by atoms with E-state index in [1.807, 2.05) is 23.8 Å². The molecule has 3 N–H and O–H groups in total. The van der Waals surface area contributed by atoms with Gasteiger partial charge in [0, 0.05) is 43.3 Å². The van der Waals surface area contributed by atoms with Gasteiger partial charge in [0.15, 0.2) is 0 Å². The van der Waals surface area contributed by atoms with Gasteiger partial charge < -0.3 is 15.3 Å². The minimum atomic E-state index is -4.22. The van der Waals surface area contributed by atoms with Crippen molar-refractivity contribution in [2.45, 2.75) is 70.9 Å². The second-order valence-corrected chi connectivity index (χ2v) is 12.6. The summed E-state index contributed by atoms with van der Waals surface area (Å²) in [4.78, 5) is 39.1. The van der Waals surface area contributed by atoms with Gasteiger partial charge in [0.25, 0.3) is 15.9 Å². The second kappa shape index (κ2) is 16.5. The van der Waals surface area contributed by atoms with Crippen LogP contribution in [0.2, 0.25) is 0 Å². The molecule has 0 spiro atoms. The summed E-state index contributed by atoms with van der Waals surface area (Å²) in [5.74, 6) is -0.404. The number of thiol groups is 1. The molecule has 0 aliphatic heterocycles. The Hall–Kier alpha value is -2.89. The highest BCUT2D eigenvalue weighted by Gasteiger charge is 2.24. The molecule has 2 aromatic rings. The molecule has 226 valence electrons. The van der Waals surface area contributed by atoms with Crippen molar-refractivity contribution in [1.29, 1.82) is 0 Å². The number of nitrogens with one attached hydrogen (secondary N) is 2. The number of sulfonamides is 1. The van der Waals surface area contributed by atoms with Crippen molar-refractivity contribution in [1.82, 2.24) is 14.9 Å². The van der Waals surface area contributed by atoms with Crippen molar-refractivity contribution < 1.29 is 27.9 Å². The van der Waals surface area contributed by atoms with E-state index in [-0.39, 0.29) is 22.6 Å². The Morgan fingerprint density at radius 3 is 2.24 bits per heavy atom. The molecule has 0 saturated heterocycles. The van der Waals surface area contributed by atoms with Gasteiger partial charge in [-0.25, -0.2) is 13.1 Å². The van der Waals surface area contributed by atoms with Crippen LogP contribution in [0.25, 0.3) is 11.1 Å². The lowest BCUT2D eigenvalue weighted by atomic mass is 9.98. The molecule has 0 radical (unpaired) electrons. The summed E-state index contributed by atoms with van der Waals surface area (Å²) in [6.07, 6.45) is 1.35. The molecule has 0 bridgehead atoms. The summed E-state index contributed by atoms with van der Waals surface area (Å²) in [7, 11) is -4.22. The second-order valence-electron chi connectivity index (χ2n) is 10.6. The number of benzene rings is 2. The topological polar surface area (TPSA) is 133 Å². The number of hydrogen-bond donors (Lipinski definition) is 4. The summed E-state index contributed by atoms with van der Waals surface area (Å²) < 4.78 is 27.6. The van der Waals surface area contributed by atoms with Crippen LogP contribution in [-0.4, -0.2) is 61.1 Å². The fraction of sp³-hybridized carbons (Fsp3) is 0.500. The molecule has 2 rings (SSSR count). The maximum absolute atomic E-state index is 13.0. The number of carbonyl (C=O) groups excluding carboxylic acids is 3. The van der Waals surface area contributed by atoms with Crippen LogP contribution >= 0.6 is 12.6 Å². The molecule has 0 aromatic heterocycles. The number of hydrogen-bond acceptors (Lipinski definition) is 7. The number of unbranched alkanes of at least 4 members (excludes halogenated alkanes) is 1. The van der Waals surface area contributed by atoms with Crippen molar-refractivity contribution in [2.24, 2.45) is 11.8 Å². The Labute approximate surface area is 249 Å². The summed E-state index contributed by atoms with van der Waals surface area (Å²) in [6.45, 7) is 8.38. The molecule has 0 unspecified atom stereocenters. The number of amides is 3. The first kappa shape index (κ1) is 34.3. The first-order chi connectivity index (χ1) is 19.4. The monoisotopic (exact) mass is 605 g/mol. The van der Waals surface area contributed by atoms with Crippen LogP contribution in [0.1, 0.15) is 58.9 Å². The van der Waals surface area contributed by atoms with Gasteiger partial charge in [0.2, 0.25) is 11.8 Å². The molecular formula is C30H43N3O6S2. The standard InChI is InChI=1S/C30H43N3O6S2/c1-5-6-11-28(35)33(17-16-31-30(37)25(20-40)18-21(2)3)19-23-12-14-24(15-13-23)26-9-7-8-10-27(26)41(38,39)32-29(36)22(4)34/h7-10,12-15,21-22,25,34,40H,5-6,11,16-20H2,1-4H3,(H,31,37)(H,32,36)/t22-,25+/m0/s1. The third-order valence-electron chi connectivity index (χ3n) is 6.55. The van der Waals surface area contributed by atoms with Crippen LogP contribution in [0, 0.1) is 11.8 Å². The first-order valence-corrected chi connectivity index (χ1v) is 16.1. The zero-order chi connectivity index (χ0) is 30.6. The lowest BCUT2D eigenvalue weighted by molar-refractivity contribution is -0.132. The van der Waals surface area contributed by atoms with Gasteiger partial charge in [0.1, 0.15) is 6.10 Å². The Balaban J connectivity index is 2.19. The Kier molecular flexibility index (Phi) is 13.8. The van der Waals surface area contributed by atoms with Crippen molar-refractivity contribution >= 4 is 40.4 Å². The van der Waals surface area contributed by atoms with E-state index in [4.69, 9.17) is 0 Å². The molecule has 2 aromatic carbocycles. The Morgan fingerprint density at radius 2 is 1.66 bits per heavy atom. The van der Waals surface area contributed by atoms with Gasteiger partial charge >= 0.3 is 0 Å².